The van der Waals surface area contributed by atoms with Crippen molar-refractivity contribution >= 4 is 43.4 Å². The lowest BCUT2D eigenvalue weighted by Crippen LogP contribution is -1.95. The van der Waals surface area contributed by atoms with Gasteiger partial charge in [0.15, 0.2) is 0 Å². The number of hydrogen-bond donors (Lipinski definition) is 0. The number of pyridine rings is 1. The molecule has 4 aromatic heterocycles. The third-order valence-electron chi connectivity index (χ3n) is 7.18. The maximum atomic E-state index is 5.28. The van der Waals surface area contributed by atoms with E-state index in [1.165, 1.54) is 21.0 Å². The summed E-state index contributed by atoms with van der Waals surface area (Å²) in [5.74, 6) is 0. The van der Waals surface area contributed by atoms with Crippen molar-refractivity contribution in [3.63, 3.8) is 0 Å². The molecule has 0 bridgehead atoms. The monoisotopic (exact) mass is 519 g/mol. The molecule has 0 N–H and O–H groups in total. The first-order chi connectivity index (χ1) is 19.3. The van der Waals surface area contributed by atoms with Crippen LogP contribution in [-0.4, -0.2) is 14.5 Å². The molecule has 0 aliphatic heterocycles. The third-order valence-corrected chi connectivity index (χ3v) is 8.27. The van der Waals surface area contributed by atoms with Crippen LogP contribution in [0.4, 0.5) is 0 Å². The summed E-state index contributed by atoms with van der Waals surface area (Å²) in [5.41, 5.74) is 9.43. The summed E-state index contributed by atoms with van der Waals surface area (Å²) in [4.78, 5) is 9.85. The molecule has 5 heteroatoms. The molecule has 0 radical (unpaired) electrons. The average molecular weight is 520 g/mol. The van der Waals surface area contributed by atoms with Crippen LogP contribution in [0.25, 0.3) is 70.8 Å². The smallest absolute Gasteiger partial charge is 0.124 e. The Balaban J connectivity index is 1.31. The maximum absolute atomic E-state index is 5.28. The molecular weight excluding hydrogens is 498 g/mol. The Bertz CT molecular complexity index is 2100. The molecule has 0 aliphatic rings. The van der Waals surface area contributed by atoms with Gasteiger partial charge in [0.05, 0.1) is 45.2 Å². The van der Waals surface area contributed by atoms with Crippen molar-refractivity contribution in [3.8, 4) is 38.8 Å². The normalized spacial score (nSPS) is 11.6. The van der Waals surface area contributed by atoms with Gasteiger partial charge in [-0.25, -0.2) is 9.97 Å². The van der Waals surface area contributed by atoms with Gasteiger partial charge in [0.2, 0.25) is 0 Å². The Labute approximate surface area is 228 Å². The lowest BCUT2D eigenvalue weighted by molar-refractivity contribution is 0.568. The van der Waals surface area contributed by atoms with Gasteiger partial charge in [0.1, 0.15) is 5.01 Å². The van der Waals surface area contributed by atoms with E-state index in [2.05, 4.69) is 95.6 Å². The SMILES string of the molecule is c1cc(-c2cccc(-c3ccoc3)n2)cc(-n2c3ccccc3c3ccc(-c4nc5ccccc5s4)cc32)c1. The first-order valence-electron chi connectivity index (χ1n) is 12.8. The summed E-state index contributed by atoms with van der Waals surface area (Å²) >= 11 is 1.73. The molecule has 0 aliphatic carbocycles. The number of thiazole rings is 1. The molecule has 0 fully saturated rings. The largest absolute Gasteiger partial charge is 0.472 e. The Morgan fingerprint density at radius 3 is 2.31 bits per heavy atom. The average Bonchev–Trinajstić information content (AvgIpc) is 3.75. The predicted octanol–water partition coefficient (Wildman–Crippen LogP) is 9.38. The van der Waals surface area contributed by atoms with Crippen LogP contribution in [0.2, 0.25) is 0 Å². The van der Waals surface area contributed by atoms with Crippen molar-refractivity contribution in [3.05, 3.63) is 128 Å². The number of aromatic nitrogens is 3. The molecule has 8 aromatic rings. The zero-order valence-corrected chi connectivity index (χ0v) is 21.6. The molecular formula is C34H21N3OS. The van der Waals surface area contributed by atoms with Gasteiger partial charge in [-0.3, -0.25) is 0 Å². The summed E-state index contributed by atoms with van der Waals surface area (Å²) < 4.78 is 8.83. The molecule has 0 saturated heterocycles. The quantitative estimate of drug-likeness (QED) is 0.233. The van der Waals surface area contributed by atoms with Crippen LogP contribution in [0.3, 0.4) is 0 Å². The second-order valence-electron chi connectivity index (χ2n) is 9.54. The van der Waals surface area contributed by atoms with Gasteiger partial charge < -0.3 is 8.98 Å². The standard InChI is InChI=1S/C34H21N3OS/c1-3-13-31-26(9-1)27-16-15-23(34-36-30-10-2-4-14-33(30)39-34)20-32(27)37(31)25-8-5-7-22(19-25)28-11-6-12-29(35-28)24-17-18-38-21-24/h1-21H. The highest BCUT2D eigenvalue weighted by Gasteiger charge is 2.15. The molecule has 0 amide bonds. The van der Waals surface area contributed by atoms with Crippen LogP contribution in [0.5, 0.6) is 0 Å². The van der Waals surface area contributed by atoms with Gasteiger partial charge in [-0.05, 0) is 54.6 Å². The van der Waals surface area contributed by atoms with Crippen molar-refractivity contribution in [2.75, 3.05) is 0 Å². The van der Waals surface area contributed by atoms with Crippen molar-refractivity contribution in [1.29, 1.82) is 0 Å². The molecule has 4 nitrogen and oxygen atoms in total. The number of nitrogens with zero attached hydrogens (tertiary/aromatic N) is 3. The van der Waals surface area contributed by atoms with E-state index in [-0.39, 0.29) is 0 Å². The molecule has 0 spiro atoms. The highest BCUT2D eigenvalue weighted by Crippen LogP contribution is 2.37. The Morgan fingerprint density at radius 2 is 1.41 bits per heavy atom. The van der Waals surface area contributed by atoms with E-state index < -0.39 is 0 Å². The Morgan fingerprint density at radius 1 is 0.590 bits per heavy atom. The van der Waals surface area contributed by atoms with Gasteiger partial charge in [-0.1, -0.05) is 60.7 Å². The summed E-state index contributed by atoms with van der Waals surface area (Å²) in [7, 11) is 0. The maximum Gasteiger partial charge on any atom is 0.124 e. The molecule has 4 heterocycles. The molecule has 4 aromatic carbocycles. The van der Waals surface area contributed by atoms with Crippen molar-refractivity contribution in [1.82, 2.24) is 14.5 Å². The second kappa shape index (κ2) is 8.79. The molecule has 39 heavy (non-hydrogen) atoms. The van der Waals surface area contributed by atoms with Crippen LogP contribution in [0.1, 0.15) is 0 Å². The third kappa shape index (κ3) is 3.67. The van der Waals surface area contributed by atoms with Gasteiger partial charge in [0.25, 0.3) is 0 Å². The fraction of sp³-hybridized carbons (Fsp3) is 0. The van der Waals surface area contributed by atoms with E-state index in [9.17, 15) is 0 Å². The molecule has 184 valence electrons. The summed E-state index contributed by atoms with van der Waals surface area (Å²) in [6, 6.07) is 40.3. The predicted molar refractivity (Wildman–Crippen MR) is 160 cm³/mol. The van der Waals surface area contributed by atoms with Crippen LogP contribution in [0.15, 0.2) is 132 Å². The minimum atomic E-state index is 0.893. The van der Waals surface area contributed by atoms with E-state index in [0.717, 1.165) is 49.8 Å². The number of furan rings is 1. The number of rotatable bonds is 4. The first-order valence-corrected chi connectivity index (χ1v) is 13.6. The summed E-state index contributed by atoms with van der Waals surface area (Å²) in [5, 5.41) is 3.48. The minimum absolute atomic E-state index is 0.893. The topological polar surface area (TPSA) is 43.9 Å². The molecule has 0 saturated carbocycles. The highest BCUT2D eigenvalue weighted by molar-refractivity contribution is 7.21. The zero-order chi connectivity index (χ0) is 25.8. The first kappa shape index (κ1) is 22.0. The number of fused-ring (bicyclic) bond motifs is 4. The van der Waals surface area contributed by atoms with Crippen molar-refractivity contribution in [2.45, 2.75) is 0 Å². The Kier molecular flexibility index (Phi) is 4.96. The van der Waals surface area contributed by atoms with Crippen molar-refractivity contribution < 1.29 is 4.42 Å². The molecule has 0 unspecified atom stereocenters. The summed E-state index contributed by atoms with van der Waals surface area (Å²) in [6.45, 7) is 0. The van der Waals surface area contributed by atoms with E-state index in [1.54, 1.807) is 23.9 Å². The number of benzene rings is 4. The van der Waals surface area contributed by atoms with Crippen LogP contribution in [0, 0.1) is 0 Å². The van der Waals surface area contributed by atoms with E-state index in [0.29, 0.717) is 0 Å². The van der Waals surface area contributed by atoms with Crippen LogP contribution in [-0.2, 0) is 0 Å². The van der Waals surface area contributed by atoms with E-state index in [4.69, 9.17) is 14.4 Å². The number of hydrogen-bond acceptors (Lipinski definition) is 4. The second-order valence-corrected chi connectivity index (χ2v) is 10.6. The van der Waals surface area contributed by atoms with Crippen LogP contribution < -0.4 is 0 Å². The van der Waals surface area contributed by atoms with Gasteiger partial charge in [-0.15, -0.1) is 11.3 Å². The fourth-order valence-electron chi connectivity index (χ4n) is 5.35. The summed E-state index contributed by atoms with van der Waals surface area (Å²) in [6.07, 6.45) is 3.40. The van der Waals surface area contributed by atoms with E-state index in [1.807, 2.05) is 24.3 Å². The van der Waals surface area contributed by atoms with Gasteiger partial charge >= 0.3 is 0 Å². The minimum Gasteiger partial charge on any atom is -0.472 e. The molecule has 0 atom stereocenters. The van der Waals surface area contributed by atoms with Crippen molar-refractivity contribution in [2.24, 2.45) is 0 Å². The highest BCUT2D eigenvalue weighted by atomic mass is 32.1. The lowest BCUT2D eigenvalue weighted by atomic mass is 10.1. The number of para-hydroxylation sites is 2. The Hall–Kier alpha value is -5.00. The lowest BCUT2D eigenvalue weighted by Gasteiger charge is -2.11. The van der Waals surface area contributed by atoms with Crippen LogP contribution >= 0.6 is 11.3 Å². The van der Waals surface area contributed by atoms with Gasteiger partial charge in [0, 0.05) is 33.2 Å². The fourth-order valence-corrected chi connectivity index (χ4v) is 6.31. The van der Waals surface area contributed by atoms with Gasteiger partial charge in [-0.2, -0.15) is 0 Å². The molecule has 8 rings (SSSR count). The zero-order valence-electron chi connectivity index (χ0n) is 20.8. The van der Waals surface area contributed by atoms with E-state index >= 15 is 0 Å².